The second kappa shape index (κ2) is 5.69. The molecule has 0 amide bonds. The van der Waals surface area contributed by atoms with Gasteiger partial charge in [-0.25, -0.2) is 0 Å². The standard InChI is InChI=1S/C12H15NO4S/c1-3-16-4-5-18-9-6-8(14)12-10(11(9)15)7(2)13-17-12/h6-7,13H,3-5H2,1-2H3. The predicted octanol–water partition coefficient (Wildman–Crippen LogP) is 0.969. The van der Waals surface area contributed by atoms with Gasteiger partial charge in [0.1, 0.15) is 0 Å². The van der Waals surface area contributed by atoms with Crippen LogP contribution in [0.1, 0.15) is 13.8 Å². The summed E-state index contributed by atoms with van der Waals surface area (Å²) in [7, 11) is 0. The first kappa shape index (κ1) is 13.3. The minimum absolute atomic E-state index is 0.122. The summed E-state index contributed by atoms with van der Waals surface area (Å²) in [6.45, 7) is 4.92. The van der Waals surface area contributed by atoms with Gasteiger partial charge in [-0.15, -0.1) is 17.2 Å². The van der Waals surface area contributed by atoms with Gasteiger partial charge in [-0.2, -0.15) is 0 Å². The van der Waals surface area contributed by atoms with Crippen LogP contribution in [-0.2, 0) is 19.2 Å². The van der Waals surface area contributed by atoms with Crippen molar-refractivity contribution in [3.8, 4) is 0 Å². The van der Waals surface area contributed by atoms with Gasteiger partial charge in [0.05, 0.1) is 23.1 Å². The summed E-state index contributed by atoms with van der Waals surface area (Å²) in [6.07, 6.45) is 1.34. The highest BCUT2D eigenvalue weighted by Gasteiger charge is 2.37. The molecule has 1 atom stereocenters. The van der Waals surface area contributed by atoms with E-state index in [1.54, 1.807) is 6.92 Å². The van der Waals surface area contributed by atoms with Crippen molar-refractivity contribution in [1.82, 2.24) is 5.48 Å². The SMILES string of the molecule is CCOCCSC1=CC(=O)C2=C(C1=O)C(C)NO2. The molecule has 0 aromatic heterocycles. The Morgan fingerprint density at radius 2 is 2.28 bits per heavy atom. The van der Waals surface area contributed by atoms with Crippen LogP contribution in [0.25, 0.3) is 0 Å². The molecule has 18 heavy (non-hydrogen) atoms. The fraction of sp³-hybridized carbons (Fsp3) is 0.500. The molecule has 98 valence electrons. The van der Waals surface area contributed by atoms with Gasteiger partial charge in [0.15, 0.2) is 0 Å². The van der Waals surface area contributed by atoms with Gasteiger partial charge >= 0.3 is 0 Å². The topological polar surface area (TPSA) is 64.6 Å². The Hall–Kier alpha value is -1.11. The number of hydrogen-bond acceptors (Lipinski definition) is 6. The number of thioether (sulfide) groups is 1. The van der Waals surface area contributed by atoms with Crippen LogP contribution in [0.2, 0.25) is 0 Å². The normalized spacial score (nSPS) is 23.0. The van der Waals surface area contributed by atoms with E-state index < -0.39 is 0 Å². The van der Waals surface area contributed by atoms with Gasteiger partial charge in [0.2, 0.25) is 17.3 Å². The molecule has 1 unspecified atom stereocenters. The average molecular weight is 269 g/mol. The molecule has 0 fully saturated rings. The van der Waals surface area contributed by atoms with Crippen molar-refractivity contribution in [2.45, 2.75) is 19.9 Å². The van der Waals surface area contributed by atoms with Gasteiger partial charge in [-0.1, -0.05) is 0 Å². The molecule has 0 saturated heterocycles. The van der Waals surface area contributed by atoms with E-state index in [-0.39, 0.29) is 23.4 Å². The summed E-state index contributed by atoms with van der Waals surface area (Å²) in [4.78, 5) is 29.4. The van der Waals surface area contributed by atoms with Crippen LogP contribution in [-0.4, -0.2) is 36.6 Å². The van der Waals surface area contributed by atoms with Crippen molar-refractivity contribution >= 4 is 23.3 Å². The quantitative estimate of drug-likeness (QED) is 0.592. The highest BCUT2D eigenvalue weighted by Crippen LogP contribution is 2.31. The third kappa shape index (κ3) is 2.50. The molecule has 2 rings (SSSR count). The zero-order chi connectivity index (χ0) is 13.1. The van der Waals surface area contributed by atoms with Crippen molar-refractivity contribution in [2.75, 3.05) is 19.0 Å². The van der Waals surface area contributed by atoms with Crippen LogP contribution in [0.15, 0.2) is 22.3 Å². The fourth-order valence-electron chi connectivity index (χ4n) is 1.79. The first-order chi connectivity index (χ1) is 8.65. The maximum absolute atomic E-state index is 12.2. The molecule has 0 aromatic rings. The van der Waals surface area contributed by atoms with Crippen LogP contribution in [0.5, 0.6) is 0 Å². The van der Waals surface area contributed by atoms with Crippen molar-refractivity contribution in [1.29, 1.82) is 0 Å². The van der Waals surface area contributed by atoms with E-state index in [2.05, 4.69) is 5.48 Å². The summed E-state index contributed by atoms with van der Waals surface area (Å²) in [5.74, 6) is 0.426. The van der Waals surface area contributed by atoms with E-state index in [0.717, 1.165) is 0 Å². The van der Waals surface area contributed by atoms with Gasteiger partial charge in [-0.05, 0) is 13.8 Å². The molecular weight excluding hydrogens is 254 g/mol. The number of carbonyl (C=O) groups is 2. The Labute approximate surface area is 110 Å². The van der Waals surface area contributed by atoms with E-state index in [4.69, 9.17) is 9.57 Å². The summed E-state index contributed by atoms with van der Waals surface area (Å²) in [6, 6.07) is -0.243. The van der Waals surface area contributed by atoms with Crippen LogP contribution in [0.3, 0.4) is 0 Å². The van der Waals surface area contributed by atoms with Gasteiger partial charge in [-0.3, -0.25) is 9.59 Å². The second-order valence-corrected chi connectivity index (χ2v) is 5.07. The van der Waals surface area contributed by atoms with Gasteiger partial charge in [0.25, 0.3) is 0 Å². The number of ether oxygens (including phenoxy) is 1. The van der Waals surface area contributed by atoms with Crippen LogP contribution in [0.4, 0.5) is 0 Å². The smallest absolute Gasteiger partial charge is 0.224 e. The molecule has 0 saturated carbocycles. The lowest BCUT2D eigenvalue weighted by molar-refractivity contribution is -0.117. The number of nitrogens with one attached hydrogen (secondary N) is 1. The Kier molecular flexibility index (Phi) is 4.21. The highest BCUT2D eigenvalue weighted by molar-refractivity contribution is 8.04. The number of rotatable bonds is 5. The van der Waals surface area contributed by atoms with Crippen molar-refractivity contribution < 1.29 is 19.2 Å². The molecule has 1 N–H and O–H groups in total. The largest absolute Gasteiger partial charge is 0.403 e. The lowest BCUT2D eigenvalue weighted by Gasteiger charge is -2.12. The highest BCUT2D eigenvalue weighted by atomic mass is 32.2. The molecular formula is C12H15NO4S. The lowest BCUT2D eigenvalue weighted by atomic mass is 9.97. The van der Waals surface area contributed by atoms with E-state index in [0.29, 0.717) is 29.4 Å². The molecule has 5 nitrogen and oxygen atoms in total. The number of ketones is 2. The monoisotopic (exact) mass is 269 g/mol. The lowest BCUT2D eigenvalue weighted by Crippen LogP contribution is -2.24. The Morgan fingerprint density at radius 3 is 3.00 bits per heavy atom. The molecule has 1 aliphatic heterocycles. The first-order valence-electron chi connectivity index (χ1n) is 5.83. The number of hydrogen-bond donors (Lipinski definition) is 1. The Morgan fingerprint density at radius 1 is 1.50 bits per heavy atom. The van der Waals surface area contributed by atoms with E-state index in [1.807, 2.05) is 6.92 Å². The van der Waals surface area contributed by atoms with E-state index in [1.165, 1.54) is 17.8 Å². The van der Waals surface area contributed by atoms with Crippen LogP contribution >= 0.6 is 11.8 Å². The summed E-state index contributed by atoms with van der Waals surface area (Å²) < 4.78 is 5.20. The summed E-state index contributed by atoms with van der Waals surface area (Å²) in [5, 5.41) is 0. The molecule has 6 heteroatoms. The van der Waals surface area contributed by atoms with Crippen molar-refractivity contribution in [3.05, 3.63) is 22.3 Å². The number of carbonyl (C=O) groups excluding carboxylic acids is 2. The minimum atomic E-state index is -0.250. The molecule has 0 spiro atoms. The Balaban J connectivity index is 2.04. The molecule has 0 aromatic carbocycles. The number of allylic oxidation sites excluding steroid dienone is 2. The van der Waals surface area contributed by atoms with E-state index >= 15 is 0 Å². The third-order valence-electron chi connectivity index (χ3n) is 2.66. The van der Waals surface area contributed by atoms with Crippen molar-refractivity contribution in [3.63, 3.8) is 0 Å². The Bertz CT molecular complexity index is 441. The van der Waals surface area contributed by atoms with E-state index in [9.17, 15) is 9.59 Å². The zero-order valence-corrected chi connectivity index (χ0v) is 11.1. The first-order valence-corrected chi connectivity index (χ1v) is 6.81. The van der Waals surface area contributed by atoms with Crippen molar-refractivity contribution in [2.24, 2.45) is 0 Å². The molecule has 1 heterocycles. The van der Waals surface area contributed by atoms with Crippen LogP contribution in [0, 0.1) is 0 Å². The average Bonchev–Trinajstić information content (AvgIpc) is 2.73. The fourth-order valence-corrected chi connectivity index (χ4v) is 2.64. The third-order valence-corrected chi connectivity index (χ3v) is 3.64. The van der Waals surface area contributed by atoms with Crippen LogP contribution < -0.4 is 5.48 Å². The zero-order valence-electron chi connectivity index (χ0n) is 10.3. The molecule has 0 radical (unpaired) electrons. The van der Waals surface area contributed by atoms with Gasteiger partial charge < -0.3 is 9.57 Å². The molecule has 1 aliphatic carbocycles. The minimum Gasteiger partial charge on any atom is -0.403 e. The molecule has 0 bridgehead atoms. The number of Topliss-reactive ketones (excluding diaryl/α,β-unsaturated/α-hetero) is 1. The predicted molar refractivity (Wildman–Crippen MR) is 67.8 cm³/mol. The number of hydroxylamine groups is 1. The maximum Gasteiger partial charge on any atom is 0.224 e. The van der Waals surface area contributed by atoms with Gasteiger partial charge in [0, 0.05) is 18.4 Å². The summed E-state index contributed by atoms with van der Waals surface area (Å²) in [5.41, 5.74) is 3.07. The summed E-state index contributed by atoms with van der Waals surface area (Å²) >= 11 is 1.35. The second-order valence-electron chi connectivity index (χ2n) is 3.93. The maximum atomic E-state index is 12.2. The molecule has 2 aliphatic rings.